The van der Waals surface area contributed by atoms with E-state index >= 15 is 0 Å². The molecule has 1 amide bonds. The van der Waals surface area contributed by atoms with Gasteiger partial charge in [0, 0.05) is 25.8 Å². The van der Waals surface area contributed by atoms with E-state index in [1.807, 2.05) is 37.3 Å². The van der Waals surface area contributed by atoms with Crippen LogP contribution < -0.4 is 0 Å². The van der Waals surface area contributed by atoms with Crippen LogP contribution in [0.4, 0.5) is 0 Å². The number of benzene rings is 1. The van der Waals surface area contributed by atoms with Crippen molar-refractivity contribution in [1.82, 2.24) is 4.90 Å². The minimum Gasteiger partial charge on any atom is -0.461 e. The van der Waals surface area contributed by atoms with E-state index in [4.69, 9.17) is 11.2 Å². The van der Waals surface area contributed by atoms with Gasteiger partial charge in [-0.3, -0.25) is 4.79 Å². The van der Waals surface area contributed by atoms with Crippen molar-refractivity contribution in [3.63, 3.8) is 0 Å². The Kier molecular flexibility index (Phi) is 10.1. The number of terminal acetylenes is 1. The van der Waals surface area contributed by atoms with Gasteiger partial charge in [0.05, 0.1) is 0 Å². The van der Waals surface area contributed by atoms with Gasteiger partial charge in [-0.1, -0.05) is 63.9 Å². The van der Waals surface area contributed by atoms with Crippen molar-refractivity contribution in [2.24, 2.45) is 17.8 Å². The molecule has 5 unspecified atom stereocenters. The Morgan fingerprint density at radius 2 is 1.71 bits per heavy atom. The highest BCUT2D eigenvalue weighted by Gasteiger charge is 2.33. The average molecular weight is 426 g/mol. The number of carbonyl (C=O) groups excluding carboxylic acids is 2. The number of ether oxygens (including phenoxy) is 1. The molecule has 1 aromatic rings. The molecule has 0 aliphatic carbocycles. The minimum atomic E-state index is -0.626. The van der Waals surface area contributed by atoms with E-state index in [9.17, 15) is 9.59 Å². The molecule has 0 bridgehead atoms. The maximum Gasteiger partial charge on any atom is 0.329 e. The minimum absolute atomic E-state index is 0.0147. The molecule has 5 atom stereocenters. The number of esters is 1. The van der Waals surface area contributed by atoms with Gasteiger partial charge in [-0.15, -0.1) is 12.3 Å². The molecule has 1 aromatic carbocycles. The van der Waals surface area contributed by atoms with Gasteiger partial charge >= 0.3 is 5.97 Å². The molecule has 1 heterocycles. The lowest BCUT2D eigenvalue weighted by Crippen LogP contribution is -2.47. The zero-order valence-corrected chi connectivity index (χ0v) is 19.7. The highest BCUT2D eigenvalue weighted by Crippen LogP contribution is 2.27. The van der Waals surface area contributed by atoms with Gasteiger partial charge in [0.2, 0.25) is 5.91 Å². The Morgan fingerprint density at radius 1 is 1.06 bits per heavy atom. The van der Waals surface area contributed by atoms with Crippen molar-refractivity contribution >= 4 is 11.9 Å². The van der Waals surface area contributed by atoms with Crippen LogP contribution in [0.2, 0.25) is 0 Å². The van der Waals surface area contributed by atoms with Crippen molar-refractivity contribution in [3.05, 3.63) is 35.9 Å². The quantitative estimate of drug-likeness (QED) is 0.367. The smallest absolute Gasteiger partial charge is 0.329 e. The fraction of sp³-hybridized carbons (Fsp3) is 0.630. The standard InChI is InChI=1S/C27H39NO3/c1-6-7-9-14-24-18-21(3)16-15-20(2)17-22(4)26(29)28(5)25(27(30)31-24)19-23-12-10-8-11-13-23/h1,8,10-13,20-22,24-25H,7,9,14-19H2,2-5H3. The number of unbranched alkanes of at least 4 members (excludes halogenated alkanes) is 1. The van der Waals surface area contributed by atoms with Gasteiger partial charge in [0.1, 0.15) is 12.1 Å². The molecule has 170 valence electrons. The highest BCUT2D eigenvalue weighted by atomic mass is 16.5. The van der Waals surface area contributed by atoms with Crippen LogP contribution in [-0.4, -0.2) is 36.0 Å². The fourth-order valence-corrected chi connectivity index (χ4v) is 4.57. The summed E-state index contributed by atoms with van der Waals surface area (Å²) in [4.78, 5) is 28.1. The molecule has 0 saturated carbocycles. The van der Waals surface area contributed by atoms with E-state index in [2.05, 4.69) is 19.8 Å². The summed E-state index contributed by atoms with van der Waals surface area (Å²) in [6, 6.07) is 9.22. The maximum atomic E-state index is 13.3. The third-order valence-electron chi connectivity index (χ3n) is 6.48. The predicted octanol–water partition coefficient (Wildman–Crippen LogP) is 5.25. The Labute approximate surface area is 188 Å². The molecular formula is C27H39NO3. The third kappa shape index (κ3) is 8.05. The summed E-state index contributed by atoms with van der Waals surface area (Å²) in [7, 11) is 1.74. The van der Waals surface area contributed by atoms with Gasteiger partial charge in [-0.2, -0.15) is 0 Å². The van der Waals surface area contributed by atoms with E-state index in [0.717, 1.165) is 44.1 Å². The Hall–Kier alpha value is -2.28. The number of hydrogen-bond acceptors (Lipinski definition) is 3. The Bertz CT molecular complexity index is 739. The van der Waals surface area contributed by atoms with Crippen molar-refractivity contribution in [2.75, 3.05) is 7.05 Å². The summed E-state index contributed by atoms with van der Waals surface area (Å²) < 4.78 is 6.05. The van der Waals surface area contributed by atoms with Crippen LogP contribution in [0.15, 0.2) is 30.3 Å². The summed E-state index contributed by atoms with van der Waals surface area (Å²) >= 11 is 0. The molecule has 0 N–H and O–H groups in total. The van der Waals surface area contributed by atoms with Gasteiger partial charge in [-0.25, -0.2) is 4.79 Å². The van der Waals surface area contributed by atoms with Crippen LogP contribution in [0.5, 0.6) is 0 Å². The number of cyclic esters (lactones) is 1. The number of likely N-dealkylation sites (N-methyl/N-ethyl adjacent to an activating group) is 1. The maximum absolute atomic E-state index is 13.3. The summed E-state index contributed by atoms with van der Waals surface area (Å²) in [5.74, 6) is 3.20. The molecule has 0 spiro atoms. The lowest BCUT2D eigenvalue weighted by Gasteiger charge is -2.31. The normalized spacial score (nSPS) is 28.6. The van der Waals surface area contributed by atoms with E-state index in [0.29, 0.717) is 24.7 Å². The number of rotatable bonds is 5. The molecule has 1 saturated heterocycles. The van der Waals surface area contributed by atoms with E-state index in [-0.39, 0.29) is 23.9 Å². The van der Waals surface area contributed by atoms with Gasteiger partial charge < -0.3 is 9.64 Å². The first kappa shape index (κ1) is 25.0. The summed E-state index contributed by atoms with van der Waals surface area (Å²) in [6.45, 7) is 6.44. The Morgan fingerprint density at radius 3 is 2.35 bits per heavy atom. The Balaban J connectivity index is 2.29. The molecule has 1 fully saturated rings. The first-order valence-corrected chi connectivity index (χ1v) is 11.8. The topological polar surface area (TPSA) is 46.6 Å². The SMILES string of the molecule is C#CCCCC1CC(C)CCC(C)CC(C)C(=O)N(C)C(Cc2ccccc2)C(=O)O1. The second-order valence-electron chi connectivity index (χ2n) is 9.47. The van der Waals surface area contributed by atoms with Gasteiger partial charge in [0.15, 0.2) is 0 Å². The third-order valence-corrected chi connectivity index (χ3v) is 6.48. The van der Waals surface area contributed by atoms with Crippen LogP contribution in [0.1, 0.15) is 71.3 Å². The average Bonchev–Trinajstić information content (AvgIpc) is 2.75. The van der Waals surface area contributed by atoms with Crippen LogP contribution >= 0.6 is 0 Å². The van der Waals surface area contributed by atoms with Crippen LogP contribution in [-0.2, 0) is 20.7 Å². The van der Waals surface area contributed by atoms with E-state index in [1.165, 1.54) is 0 Å². The summed E-state index contributed by atoms with van der Waals surface area (Å²) in [6.07, 6.45) is 11.9. The fourth-order valence-electron chi connectivity index (χ4n) is 4.57. The number of carbonyl (C=O) groups is 2. The molecule has 2 rings (SSSR count). The monoisotopic (exact) mass is 425 g/mol. The predicted molar refractivity (Wildman–Crippen MR) is 125 cm³/mol. The summed E-state index contributed by atoms with van der Waals surface area (Å²) in [5.41, 5.74) is 1.02. The molecule has 1 aliphatic heterocycles. The zero-order chi connectivity index (χ0) is 22.8. The molecule has 0 radical (unpaired) electrons. The van der Waals surface area contributed by atoms with Crippen LogP contribution in [0, 0.1) is 30.1 Å². The molecule has 1 aliphatic rings. The second-order valence-corrected chi connectivity index (χ2v) is 9.47. The van der Waals surface area contributed by atoms with Gasteiger partial charge in [0.25, 0.3) is 0 Å². The van der Waals surface area contributed by atoms with Crippen LogP contribution in [0.25, 0.3) is 0 Å². The van der Waals surface area contributed by atoms with Crippen molar-refractivity contribution in [2.45, 2.75) is 84.3 Å². The second kappa shape index (κ2) is 12.5. The van der Waals surface area contributed by atoms with Crippen molar-refractivity contribution in [3.8, 4) is 12.3 Å². The first-order valence-electron chi connectivity index (χ1n) is 11.8. The van der Waals surface area contributed by atoms with Crippen molar-refractivity contribution in [1.29, 1.82) is 0 Å². The van der Waals surface area contributed by atoms with Crippen LogP contribution in [0.3, 0.4) is 0 Å². The number of amides is 1. The molecule has 0 aromatic heterocycles. The highest BCUT2D eigenvalue weighted by molar-refractivity contribution is 5.85. The van der Waals surface area contributed by atoms with E-state index in [1.54, 1.807) is 11.9 Å². The molecular weight excluding hydrogens is 386 g/mol. The number of nitrogens with zero attached hydrogens (tertiary/aromatic N) is 1. The lowest BCUT2D eigenvalue weighted by molar-refractivity contribution is -0.160. The largest absolute Gasteiger partial charge is 0.461 e. The lowest BCUT2D eigenvalue weighted by atomic mass is 9.88. The zero-order valence-electron chi connectivity index (χ0n) is 19.7. The van der Waals surface area contributed by atoms with Crippen molar-refractivity contribution < 1.29 is 14.3 Å². The molecule has 4 nitrogen and oxygen atoms in total. The number of hydrogen-bond donors (Lipinski definition) is 0. The van der Waals surface area contributed by atoms with Gasteiger partial charge in [-0.05, 0) is 43.1 Å². The first-order chi connectivity index (χ1) is 14.8. The van der Waals surface area contributed by atoms with E-state index < -0.39 is 6.04 Å². The summed E-state index contributed by atoms with van der Waals surface area (Å²) in [5, 5.41) is 0. The molecule has 4 heteroatoms. The molecule has 31 heavy (non-hydrogen) atoms.